The first-order chi connectivity index (χ1) is 5.39. The van der Waals surface area contributed by atoms with Crippen molar-refractivity contribution in [3.63, 3.8) is 0 Å². The normalized spacial score (nSPS) is 13.9. The summed E-state index contributed by atoms with van der Waals surface area (Å²) < 4.78 is 0. The Morgan fingerprint density at radius 1 is 1.33 bits per heavy atom. The monoisotopic (exact) mass is 184 g/mol. The van der Waals surface area contributed by atoms with Crippen LogP contribution < -0.4 is 0 Å². The van der Waals surface area contributed by atoms with Crippen LogP contribution in [0.4, 0.5) is 0 Å². The van der Waals surface area contributed by atoms with E-state index in [1.54, 1.807) is 0 Å². The van der Waals surface area contributed by atoms with Crippen LogP contribution in [-0.4, -0.2) is 0 Å². The quantitative estimate of drug-likeness (QED) is 0.562. The lowest BCUT2D eigenvalue weighted by atomic mass is 9.87. The van der Waals surface area contributed by atoms with E-state index in [0.717, 1.165) is 10.6 Å². The van der Waals surface area contributed by atoms with Crippen LogP contribution in [0.15, 0.2) is 35.4 Å². The molecule has 1 heteroatoms. The molecule has 0 N–H and O–H groups in total. The second-order valence-electron chi connectivity index (χ2n) is 3.77. The highest BCUT2D eigenvalue weighted by molar-refractivity contribution is 6.32. The van der Waals surface area contributed by atoms with Gasteiger partial charge in [0.2, 0.25) is 0 Å². The van der Waals surface area contributed by atoms with Crippen molar-refractivity contribution in [2.45, 2.75) is 27.7 Å². The van der Waals surface area contributed by atoms with E-state index < -0.39 is 0 Å². The van der Waals surface area contributed by atoms with Crippen molar-refractivity contribution in [2.24, 2.45) is 5.41 Å². The summed E-state index contributed by atoms with van der Waals surface area (Å²) in [4.78, 5) is 0. The number of rotatable bonds is 2. The number of hydrogen-bond acceptors (Lipinski definition) is 0. The van der Waals surface area contributed by atoms with Gasteiger partial charge in [0, 0.05) is 5.03 Å². The first kappa shape index (κ1) is 11.5. The average Bonchev–Trinajstić information content (AvgIpc) is 1.97. The molecule has 0 aromatic carbocycles. The summed E-state index contributed by atoms with van der Waals surface area (Å²) in [6, 6.07) is 0. The molecule has 68 valence electrons. The lowest BCUT2D eigenvalue weighted by Crippen LogP contribution is -2.08. The summed E-state index contributed by atoms with van der Waals surface area (Å²) in [6.45, 7) is 12.2. The molecular weight excluding hydrogens is 168 g/mol. The molecular formula is C11H17Cl. The van der Waals surface area contributed by atoms with Gasteiger partial charge in [0.05, 0.1) is 0 Å². The Balaban J connectivity index is 4.51. The Kier molecular flexibility index (Phi) is 4.33. The van der Waals surface area contributed by atoms with E-state index >= 15 is 0 Å². The molecule has 0 nitrogen and oxygen atoms in total. The van der Waals surface area contributed by atoms with Gasteiger partial charge >= 0.3 is 0 Å². The van der Waals surface area contributed by atoms with Gasteiger partial charge in [-0.1, -0.05) is 51.1 Å². The molecule has 0 aromatic heterocycles. The predicted molar refractivity (Wildman–Crippen MR) is 57.3 cm³/mol. The van der Waals surface area contributed by atoms with Crippen LogP contribution in [0.5, 0.6) is 0 Å². The first-order valence-electron chi connectivity index (χ1n) is 4.08. The van der Waals surface area contributed by atoms with Crippen LogP contribution in [0.1, 0.15) is 27.7 Å². The number of hydrogen-bond donors (Lipinski definition) is 0. The number of allylic oxidation sites excluding steroid dienone is 5. The smallest absolute Gasteiger partial charge is 0.0437 e. The highest BCUT2D eigenvalue weighted by Crippen LogP contribution is 2.31. The minimum atomic E-state index is 0.0508. The number of halogens is 1. The zero-order chi connectivity index (χ0) is 9.78. The van der Waals surface area contributed by atoms with Crippen LogP contribution in [0, 0.1) is 5.41 Å². The molecule has 0 unspecified atom stereocenters. The molecule has 0 rings (SSSR count). The van der Waals surface area contributed by atoms with E-state index in [9.17, 15) is 0 Å². The maximum absolute atomic E-state index is 6.01. The molecule has 0 saturated carbocycles. The fraction of sp³-hybridized carbons (Fsp3) is 0.455. The van der Waals surface area contributed by atoms with Gasteiger partial charge in [0.1, 0.15) is 0 Å². The molecule has 0 heterocycles. The Morgan fingerprint density at radius 3 is 2.17 bits per heavy atom. The summed E-state index contributed by atoms with van der Waals surface area (Å²) in [5.41, 5.74) is 1.03. The molecule has 0 bridgehead atoms. The zero-order valence-corrected chi connectivity index (χ0v) is 9.07. The third-order valence-electron chi connectivity index (χ3n) is 1.63. The van der Waals surface area contributed by atoms with E-state index in [-0.39, 0.29) is 5.41 Å². The van der Waals surface area contributed by atoms with E-state index in [1.807, 2.05) is 25.2 Å². The van der Waals surface area contributed by atoms with Crippen molar-refractivity contribution in [1.82, 2.24) is 0 Å². The largest absolute Gasteiger partial charge is 0.0938 e. The Bertz CT molecular complexity index is 214. The van der Waals surface area contributed by atoms with Gasteiger partial charge in [0.15, 0.2) is 0 Å². The highest BCUT2D eigenvalue weighted by Gasteiger charge is 2.16. The molecule has 0 aliphatic rings. The van der Waals surface area contributed by atoms with Crippen molar-refractivity contribution in [1.29, 1.82) is 0 Å². The van der Waals surface area contributed by atoms with Crippen LogP contribution in [-0.2, 0) is 0 Å². The minimum Gasteiger partial charge on any atom is -0.0938 e. The first-order valence-corrected chi connectivity index (χ1v) is 4.45. The maximum Gasteiger partial charge on any atom is 0.0437 e. The van der Waals surface area contributed by atoms with E-state index in [2.05, 4.69) is 27.4 Å². The fourth-order valence-electron chi connectivity index (χ4n) is 0.640. The molecule has 0 aromatic rings. The molecule has 0 radical (unpaired) electrons. The Morgan fingerprint density at radius 2 is 1.83 bits per heavy atom. The summed E-state index contributed by atoms with van der Waals surface area (Å²) >= 11 is 6.01. The second kappa shape index (κ2) is 4.51. The second-order valence-corrected chi connectivity index (χ2v) is 4.18. The van der Waals surface area contributed by atoms with Crippen LogP contribution in [0.2, 0.25) is 0 Å². The highest BCUT2D eigenvalue weighted by atomic mass is 35.5. The van der Waals surface area contributed by atoms with Gasteiger partial charge in [-0.05, 0) is 24.0 Å². The standard InChI is InChI=1S/C11H17Cl/c1-6-7-8-10(12)9(2)11(3,4)5/h6-8H,2H2,1,3-5H3/b7-6-,10-8+. The van der Waals surface area contributed by atoms with E-state index in [1.165, 1.54) is 0 Å². The van der Waals surface area contributed by atoms with Gasteiger partial charge in [-0.3, -0.25) is 0 Å². The average molecular weight is 185 g/mol. The van der Waals surface area contributed by atoms with Crippen LogP contribution in [0.25, 0.3) is 0 Å². The Labute approximate surface area is 80.6 Å². The van der Waals surface area contributed by atoms with Crippen molar-refractivity contribution < 1.29 is 0 Å². The topological polar surface area (TPSA) is 0 Å². The SMILES string of the molecule is C=C(/C(Cl)=C\C=C/C)C(C)(C)C. The van der Waals surface area contributed by atoms with Gasteiger partial charge in [-0.15, -0.1) is 0 Å². The van der Waals surface area contributed by atoms with Gasteiger partial charge in [-0.25, -0.2) is 0 Å². The fourth-order valence-corrected chi connectivity index (χ4v) is 0.996. The molecule has 0 atom stereocenters. The third kappa shape index (κ3) is 3.77. The molecule has 0 amide bonds. The summed E-state index contributed by atoms with van der Waals surface area (Å²) in [7, 11) is 0. The molecule has 0 fully saturated rings. The third-order valence-corrected chi connectivity index (χ3v) is 1.98. The van der Waals surface area contributed by atoms with E-state index in [4.69, 9.17) is 11.6 Å². The minimum absolute atomic E-state index is 0.0508. The molecule has 0 spiro atoms. The lowest BCUT2D eigenvalue weighted by molar-refractivity contribution is 0.517. The predicted octanol–water partition coefficient (Wildman–Crippen LogP) is 4.29. The lowest BCUT2D eigenvalue weighted by Gasteiger charge is -2.20. The molecule has 0 aliphatic heterocycles. The van der Waals surface area contributed by atoms with Crippen LogP contribution >= 0.6 is 11.6 Å². The maximum atomic E-state index is 6.01. The van der Waals surface area contributed by atoms with Crippen molar-refractivity contribution in [3.8, 4) is 0 Å². The summed E-state index contributed by atoms with van der Waals surface area (Å²) in [5.74, 6) is 0. The van der Waals surface area contributed by atoms with Crippen molar-refractivity contribution >= 4 is 11.6 Å². The van der Waals surface area contributed by atoms with E-state index in [0.29, 0.717) is 0 Å². The molecule has 0 aliphatic carbocycles. The van der Waals surface area contributed by atoms with Crippen molar-refractivity contribution in [2.75, 3.05) is 0 Å². The van der Waals surface area contributed by atoms with Gasteiger partial charge in [0.25, 0.3) is 0 Å². The molecule has 12 heavy (non-hydrogen) atoms. The van der Waals surface area contributed by atoms with Crippen molar-refractivity contribution in [3.05, 3.63) is 35.4 Å². The summed E-state index contributed by atoms with van der Waals surface area (Å²) in [6.07, 6.45) is 5.73. The van der Waals surface area contributed by atoms with Crippen LogP contribution in [0.3, 0.4) is 0 Å². The zero-order valence-electron chi connectivity index (χ0n) is 8.32. The van der Waals surface area contributed by atoms with Gasteiger partial charge < -0.3 is 0 Å². The Hall–Kier alpha value is -0.490. The summed E-state index contributed by atoms with van der Waals surface area (Å²) in [5, 5.41) is 0.737. The molecule has 0 saturated heterocycles. The van der Waals surface area contributed by atoms with Gasteiger partial charge in [-0.2, -0.15) is 0 Å².